The molecule has 5 nitrogen and oxygen atoms in total. The normalized spacial score (nSPS) is 18.1. The fraction of sp³-hybridized carbons (Fsp3) is 0.429. The second kappa shape index (κ2) is 5.84. The maximum absolute atomic E-state index is 12.0. The van der Waals surface area contributed by atoms with Crippen LogP contribution in [0.2, 0.25) is 0 Å². The van der Waals surface area contributed by atoms with Crippen LogP contribution in [-0.2, 0) is 4.79 Å². The molecule has 0 unspecified atom stereocenters. The largest absolute Gasteiger partial charge is 0.355 e. The number of benzene rings is 1. The van der Waals surface area contributed by atoms with E-state index in [2.05, 4.69) is 16.0 Å². The highest BCUT2D eigenvalue weighted by Gasteiger charge is 2.22. The molecule has 0 spiro atoms. The highest BCUT2D eigenvalue weighted by molar-refractivity contribution is 6.00. The van der Waals surface area contributed by atoms with Crippen LogP contribution in [0.25, 0.3) is 0 Å². The van der Waals surface area contributed by atoms with Crippen LogP contribution < -0.4 is 16.0 Å². The molecule has 1 aliphatic rings. The highest BCUT2D eigenvalue weighted by Crippen LogP contribution is 2.20. The molecule has 1 saturated heterocycles. The molecule has 1 aromatic rings. The van der Waals surface area contributed by atoms with Crippen LogP contribution >= 0.6 is 0 Å². The number of amides is 2. The number of nitrogens with one attached hydrogen (secondary N) is 3. The molecule has 0 bridgehead atoms. The predicted octanol–water partition coefficient (Wildman–Crippen LogP) is 1.05. The molecule has 1 atom stereocenters. The van der Waals surface area contributed by atoms with Gasteiger partial charge in [-0.05, 0) is 44.0 Å². The average Bonchev–Trinajstić information content (AvgIpc) is 2.94. The Morgan fingerprint density at radius 1 is 1.37 bits per heavy atom. The Kier molecular flexibility index (Phi) is 4.16. The molecule has 0 saturated carbocycles. The van der Waals surface area contributed by atoms with E-state index in [1.807, 2.05) is 13.0 Å². The number of carbonyl (C=O) groups excluding carboxylic acids is 2. The van der Waals surface area contributed by atoms with Crippen LogP contribution in [0, 0.1) is 6.92 Å². The third-order valence-electron chi connectivity index (χ3n) is 3.44. The first kappa shape index (κ1) is 13.5. The maximum Gasteiger partial charge on any atom is 0.251 e. The monoisotopic (exact) mass is 261 g/mol. The van der Waals surface area contributed by atoms with Crippen LogP contribution in [0.15, 0.2) is 18.2 Å². The number of hydrogen-bond acceptors (Lipinski definition) is 3. The van der Waals surface area contributed by atoms with E-state index in [0.717, 1.165) is 24.9 Å². The van der Waals surface area contributed by atoms with E-state index >= 15 is 0 Å². The second-order valence-electron chi connectivity index (χ2n) is 4.70. The standard InChI is InChI=1S/C14H19N3O2/c1-9-10(13(18)15-2)5-3-6-11(9)17-14(19)12-7-4-8-16-12/h3,5-6,12,16H,4,7-8H2,1-2H3,(H,15,18)(H,17,19)/t12-/m0/s1. The molecular formula is C14H19N3O2. The van der Waals surface area contributed by atoms with Gasteiger partial charge in [-0.15, -0.1) is 0 Å². The fourth-order valence-electron chi connectivity index (χ4n) is 2.28. The molecule has 3 N–H and O–H groups in total. The molecule has 2 amide bonds. The Balaban J connectivity index is 2.16. The van der Waals surface area contributed by atoms with Crippen molar-refractivity contribution in [3.63, 3.8) is 0 Å². The van der Waals surface area contributed by atoms with Crippen molar-refractivity contribution in [2.75, 3.05) is 18.9 Å². The predicted molar refractivity (Wildman–Crippen MR) is 74.2 cm³/mol. The lowest BCUT2D eigenvalue weighted by Crippen LogP contribution is -2.35. The van der Waals surface area contributed by atoms with Crippen molar-refractivity contribution in [2.24, 2.45) is 0 Å². The third-order valence-corrected chi connectivity index (χ3v) is 3.44. The third kappa shape index (κ3) is 2.93. The number of anilines is 1. The van der Waals surface area contributed by atoms with Gasteiger partial charge in [0.15, 0.2) is 0 Å². The van der Waals surface area contributed by atoms with Crippen molar-refractivity contribution in [3.8, 4) is 0 Å². The first-order valence-corrected chi connectivity index (χ1v) is 6.49. The summed E-state index contributed by atoms with van der Waals surface area (Å²) in [5, 5.41) is 8.64. The quantitative estimate of drug-likeness (QED) is 0.761. The van der Waals surface area contributed by atoms with Crippen LogP contribution in [0.5, 0.6) is 0 Å². The zero-order chi connectivity index (χ0) is 13.8. The minimum absolute atomic E-state index is 0.0327. The zero-order valence-electron chi connectivity index (χ0n) is 11.2. The van der Waals surface area contributed by atoms with Gasteiger partial charge < -0.3 is 16.0 Å². The molecule has 1 fully saturated rings. The topological polar surface area (TPSA) is 70.2 Å². The van der Waals surface area contributed by atoms with Crippen molar-refractivity contribution >= 4 is 17.5 Å². The van der Waals surface area contributed by atoms with Gasteiger partial charge in [0.2, 0.25) is 5.91 Å². The van der Waals surface area contributed by atoms with E-state index in [9.17, 15) is 9.59 Å². The molecule has 1 aliphatic heterocycles. The lowest BCUT2D eigenvalue weighted by atomic mass is 10.1. The summed E-state index contributed by atoms with van der Waals surface area (Å²) in [6.45, 7) is 2.72. The summed E-state index contributed by atoms with van der Waals surface area (Å²) in [4.78, 5) is 23.7. The molecule has 19 heavy (non-hydrogen) atoms. The SMILES string of the molecule is CNC(=O)c1cccc(NC(=O)[C@@H]2CCCN2)c1C. The molecular weight excluding hydrogens is 242 g/mol. The molecule has 2 rings (SSSR count). The first-order chi connectivity index (χ1) is 9.13. The Morgan fingerprint density at radius 3 is 2.79 bits per heavy atom. The van der Waals surface area contributed by atoms with Crippen molar-refractivity contribution in [3.05, 3.63) is 29.3 Å². The van der Waals surface area contributed by atoms with Gasteiger partial charge in [0.1, 0.15) is 0 Å². The van der Waals surface area contributed by atoms with Crippen molar-refractivity contribution in [1.29, 1.82) is 0 Å². The summed E-state index contributed by atoms with van der Waals surface area (Å²) in [5.41, 5.74) is 2.06. The summed E-state index contributed by atoms with van der Waals surface area (Å²) < 4.78 is 0. The summed E-state index contributed by atoms with van der Waals surface area (Å²) >= 11 is 0. The molecule has 1 aromatic carbocycles. The zero-order valence-corrected chi connectivity index (χ0v) is 11.2. The minimum atomic E-state index is -0.146. The van der Waals surface area contributed by atoms with Gasteiger partial charge in [-0.1, -0.05) is 6.07 Å². The number of carbonyl (C=O) groups is 2. The molecule has 102 valence electrons. The van der Waals surface area contributed by atoms with Crippen LogP contribution in [-0.4, -0.2) is 31.4 Å². The highest BCUT2D eigenvalue weighted by atomic mass is 16.2. The second-order valence-corrected chi connectivity index (χ2v) is 4.70. The average molecular weight is 261 g/mol. The number of hydrogen-bond donors (Lipinski definition) is 3. The molecule has 0 aromatic heterocycles. The Bertz CT molecular complexity index is 493. The Hall–Kier alpha value is -1.88. The van der Waals surface area contributed by atoms with Gasteiger partial charge in [-0.3, -0.25) is 9.59 Å². The van der Waals surface area contributed by atoms with Crippen LogP contribution in [0.4, 0.5) is 5.69 Å². The molecule has 0 aliphatic carbocycles. The summed E-state index contributed by atoms with van der Waals surface area (Å²) in [6.07, 6.45) is 1.88. The molecule has 1 heterocycles. The minimum Gasteiger partial charge on any atom is -0.355 e. The van der Waals surface area contributed by atoms with E-state index in [0.29, 0.717) is 11.3 Å². The Morgan fingerprint density at radius 2 is 2.16 bits per heavy atom. The Labute approximate surface area is 112 Å². The lowest BCUT2D eigenvalue weighted by molar-refractivity contribution is -0.117. The van der Waals surface area contributed by atoms with E-state index in [1.165, 1.54) is 0 Å². The van der Waals surface area contributed by atoms with Gasteiger partial charge >= 0.3 is 0 Å². The molecule has 0 radical (unpaired) electrons. The summed E-state index contributed by atoms with van der Waals surface area (Å²) in [5.74, 6) is -0.178. The molecule has 5 heteroatoms. The fourth-order valence-corrected chi connectivity index (χ4v) is 2.28. The maximum atomic E-state index is 12.0. The van der Waals surface area contributed by atoms with Gasteiger partial charge in [0.05, 0.1) is 6.04 Å². The van der Waals surface area contributed by atoms with Gasteiger partial charge in [0, 0.05) is 18.3 Å². The van der Waals surface area contributed by atoms with Gasteiger partial charge in [0.25, 0.3) is 5.91 Å². The van der Waals surface area contributed by atoms with Crippen molar-refractivity contribution in [1.82, 2.24) is 10.6 Å². The van der Waals surface area contributed by atoms with E-state index in [-0.39, 0.29) is 17.9 Å². The van der Waals surface area contributed by atoms with Gasteiger partial charge in [-0.25, -0.2) is 0 Å². The first-order valence-electron chi connectivity index (χ1n) is 6.49. The van der Waals surface area contributed by atoms with Crippen LogP contribution in [0.3, 0.4) is 0 Å². The van der Waals surface area contributed by atoms with Gasteiger partial charge in [-0.2, -0.15) is 0 Å². The smallest absolute Gasteiger partial charge is 0.251 e. The summed E-state index contributed by atoms with van der Waals surface area (Å²) in [7, 11) is 1.59. The van der Waals surface area contributed by atoms with Crippen LogP contribution in [0.1, 0.15) is 28.8 Å². The van der Waals surface area contributed by atoms with E-state index in [4.69, 9.17) is 0 Å². The summed E-state index contributed by atoms with van der Waals surface area (Å²) in [6, 6.07) is 5.21. The lowest BCUT2D eigenvalue weighted by Gasteiger charge is -2.14. The number of rotatable bonds is 3. The van der Waals surface area contributed by atoms with Crippen molar-refractivity contribution < 1.29 is 9.59 Å². The van der Waals surface area contributed by atoms with Crippen molar-refractivity contribution in [2.45, 2.75) is 25.8 Å². The van der Waals surface area contributed by atoms with E-state index in [1.54, 1.807) is 19.2 Å². The van der Waals surface area contributed by atoms with E-state index < -0.39 is 0 Å².